The molecule has 4 heteroatoms. The Kier molecular flexibility index (Phi) is 4.32. The molecule has 2 unspecified atom stereocenters. The molecule has 0 amide bonds. The lowest BCUT2D eigenvalue weighted by atomic mass is 9.54. The lowest BCUT2D eigenvalue weighted by Gasteiger charge is -2.50. The van der Waals surface area contributed by atoms with Gasteiger partial charge in [0.15, 0.2) is 0 Å². The fraction of sp³-hybridized carbons (Fsp3) is 0.692. The highest BCUT2D eigenvalue weighted by molar-refractivity contribution is 5.76. The number of carbonyl (C=O) groups excluding carboxylic acids is 2. The van der Waals surface area contributed by atoms with E-state index < -0.39 is 0 Å². The number of ether oxygens (including phenoxy) is 2. The van der Waals surface area contributed by atoms with E-state index in [1.165, 1.54) is 0 Å². The summed E-state index contributed by atoms with van der Waals surface area (Å²) < 4.78 is 9.70. The zero-order chi connectivity index (χ0) is 13.1. The van der Waals surface area contributed by atoms with Crippen molar-refractivity contribution in [2.24, 2.45) is 17.3 Å². The first-order valence-corrected chi connectivity index (χ1v) is 5.90. The molecule has 0 aromatic carbocycles. The number of hydrogen-bond acceptors (Lipinski definition) is 4. The third-order valence-corrected chi connectivity index (χ3v) is 3.67. The lowest BCUT2D eigenvalue weighted by Crippen LogP contribution is -2.50. The molecule has 1 saturated carbocycles. The summed E-state index contributed by atoms with van der Waals surface area (Å²) in [6.45, 7) is 9.51. The van der Waals surface area contributed by atoms with Crippen molar-refractivity contribution < 1.29 is 19.1 Å². The minimum atomic E-state index is -0.291. The molecule has 0 radical (unpaired) electrons. The number of hydrogen-bond donors (Lipinski definition) is 0. The Labute approximate surface area is 102 Å². The highest BCUT2D eigenvalue weighted by atomic mass is 16.5. The van der Waals surface area contributed by atoms with Crippen LogP contribution < -0.4 is 0 Å². The van der Waals surface area contributed by atoms with E-state index in [0.29, 0.717) is 19.4 Å². The molecule has 1 rings (SSSR count). The van der Waals surface area contributed by atoms with E-state index in [4.69, 9.17) is 9.47 Å². The molecule has 1 fully saturated rings. The topological polar surface area (TPSA) is 52.6 Å². The standard InChI is InChI=1S/C13H20O4/c1-5-16-11(14)8-9-7-10(13(9,3)4)12(15)17-6-2/h5,9-10H,1,6-8H2,2-4H3. The van der Waals surface area contributed by atoms with Crippen molar-refractivity contribution in [3.63, 3.8) is 0 Å². The van der Waals surface area contributed by atoms with Crippen LogP contribution in [0, 0.1) is 17.3 Å². The number of carbonyl (C=O) groups is 2. The van der Waals surface area contributed by atoms with Gasteiger partial charge in [-0.1, -0.05) is 20.4 Å². The van der Waals surface area contributed by atoms with E-state index in [1.807, 2.05) is 13.8 Å². The summed E-state index contributed by atoms with van der Waals surface area (Å²) in [7, 11) is 0. The Morgan fingerprint density at radius 2 is 2.12 bits per heavy atom. The molecular weight excluding hydrogens is 220 g/mol. The van der Waals surface area contributed by atoms with E-state index in [1.54, 1.807) is 6.92 Å². The Bertz CT molecular complexity index is 319. The van der Waals surface area contributed by atoms with Gasteiger partial charge in [0, 0.05) is 6.42 Å². The van der Waals surface area contributed by atoms with E-state index in [-0.39, 0.29) is 29.2 Å². The molecule has 17 heavy (non-hydrogen) atoms. The molecule has 1 aliphatic rings. The number of esters is 2. The zero-order valence-electron chi connectivity index (χ0n) is 10.7. The van der Waals surface area contributed by atoms with Crippen LogP contribution in [0.3, 0.4) is 0 Å². The van der Waals surface area contributed by atoms with Crippen molar-refractivity contribution >= 4 is 11.9 Å². The molecular formula is C13H20O4. The van der Waals surface area contributed by atoms with Gasteiger partial charge in [0.25, 0.3) is 0 Å². The molecule has 0 aromatic heterocycles. The van der Waals surface area contributed by atoms with Crippen LogP contribution in [0.1, 0.15) is 33.6 Å². The molecule has 0 spiro atoms. The van der Waals surface area contributed by atoms with E-state index in [2.05, 4.69) is 6.58 Å². The van der Waals surface area contributed by atoms with Crippen LogP contribution >= 0.6 is 0 Å². The molecule has 0 heterocycles. The van der Waals surface area contributed by atoms with Crippen LogP contribution in [0.2, 0.25) is 0 Å². The monoisotopic (exact) mass is 240 g/mol. The second-order valence-electron chi connectivity index (χ2n) is 4.92. The summed E-state index contributed by atoms with van der Waals surface area (Å²) in [5.41, 5.74) is -0.202. The van der Waals surface area contributed by atoms with Crippen LogP contribution in [0.4, 0.5) is 0 Å². The smallest absolute Gasteiger partial charge is 0.310 e. The first-order chi connectivity index (χ1) is 7.93. The molecule has 4 nitrogen and oxygen atoms in total. The van der Waals surface area contributed by atoms with Gasteiger partial charge in [-0.15, -0.1) is 0 Å². The highest BCUT2D eigenvalue weighted by Gasteiger charge is 2.52. The maximum Gasteiger partial charge on any atom is 0.310 e. The lowest BCUT2D eigenvalue weighted by molar-refractivity contribution is -0.168. The Hall–Kier alpha value is -1.32. The minimum Gasteiger partial charge on any atom is -0.466 e. The molecule has 96 valence electrons. The van der Waals surface area contributed by atoms with Crippen LogP contribution in [0.5, 0.6) is 0 Å². The van der Waals surface area contributed by atoms with Gasteiger partial charge in [0.1, 0.15) is 0 Å². The molecule has 1 aliphatic carbocycles. The first-order valence-electron chi connectivity index (χ1n) is 5.90. The van der Waals surface area contributed by atoms with Gasteiger partial charge < -0.3 is 9.47 Å². The quantitative estimate of drug-likeness (QED) is 0.546. The maximum atomic E-state index is 11.6. The SMILES string of the molecule is C=COC(=O)CC1CC(C(=O)OCC)C1(C)C. The normalized spacial score (nSPS) is 25.6. The van der Waals surface area contributed by atoms with Crippen molar-refractivity contribution in [1.82, 2.24) is 0 Å². The van der Waals surface area contributed by atoms with E-state index in [9.17, 15) is 9.59 Å². The van der Waals surface area contributed by atoms with Crippen molar-refractivity contribution in [3.05, 3.63) is 12.8 Å². The largest absolute Gasteiger partial charge is 0.466 e. The van der Waals surface area contributed by atoms with Crippen LogP contribution in [0.25, 0.3) is 0 Å². The van der Waals surface area contributed by atoms with Gasteiger partial charge in [-0.3, -0.25) is 9.59 Å². The minimum absolute atomic E-state index is 0.107. The van der Waals surface area contributed by atoms with Crippen LogP contribution in [-0.4, -0.2) is 18.5 Å². The molecule has 0 saturated heterocycles. The van der Waals surface area contributed by atoms with Gasteiger partial charge in [0.2, 0.25) is 0 Å². The van der Waals surface area contributed by atoms with Gasteiger partial charge >= 0.3 is 11.9 Å². The average Bonchev–Trinajstić information content (AvgIpc) is 2.24. The number of rotatable bonds is 5. The van der Waals surface area contributed by atoms with Gasteiger partial charge in [-0.2, -0.15) is 0 Å². The molecule has 0 aromatic rings. The van der Waals surface area contributed by atoms with Gasteiger partial charge in [-0.05, 0) is 24.7 Å². The first kappa shape index (κ1) is 13.7. The van der Waals surface area contributed by atoms with E-state index in [0.717, 1.165) is 6.26 Å². The van der Waals surface area contributed by atoms with Gasteiger partial charge in [0.05, 0.1) is 18.8 Å². The summed E-state index contributed by atoms with van der Waals surface area (Å²) >= 11 is 0. The molecule has 0 N–H and O–H groups in total. The fourth-order valence-corrected chi connectivity index (χ4v) is 2.35. The Morgan fingerprint density at radius 1 is 1.47 bits per heavy atom. The van der Waals surface area contributed by atoms with Crippen molar-refractivity contribution in [2.45, 2.75) is 33.6 Å². The van der Waals surface area contributed by atoms with Crippen LogP contribution in [0.15, 0.2) is 12.8 Å². The average molecular weight is 240 g/mol. The van der Waals surface area contributed by atoms with Gasteiger partial charge in [-0.25, -0.2) is 0 Å². The summed E-state index contributed by atoms with van der Waals surface area (Å²) in [5, 5.41) is 0. The molecule has 0 bridgehead atoms. The fourth-order valence-electron chi connectivity index (χ4n) is 2.35. The van der Waals surface area contributed by atoms with Crippen molar-refractivity contribution in [3.8, 4) is 0 Å². The maximum absolute atomic E-state index is 11.6. The highest BCUT2D eigenvalue weighted by Crippen LogP contribution is 2.53. The van der Waals surface area contributed by atoms with E-state index >= 15 is 0 Å². The predicted octanol–water partition coefficient (Wildman–Crippen LogP) is 2.29. The third-order valence-electron chi connectivity index (χ3n) is 3.67. The predicted molar refractivity (Wildman–Crippen MR) is 62.9 cm³/mol. The van der Waals surface area contributed by atoms with Crippen molar-refractivity contribution in [2.75, 3.05) is 6.61 Å². The summed E-state index contributed by atoms with van der Waals surface area (Å²) in [4.78, 5) is 23.0. The Morgan fingerprint density at radius 3 is 2.59 bits per heavy atom. The van der Waals surface area contributed by atoms with Crippen LogP contribution in [-0.2, 0) is 19.1 Å². The zero-order valence-corrected chi connectivity index (χ0v) is 10.7. The summed E-state index contributed by atoms with van der Waals surface area (Å²) in [6, 6.07) is 0. The summed E-state index contributed by atoms with van der Waals surface area (Å²) in [6.07, 6.45) is 2.16. The Balaban J connectivity index is 2.51. The molecule has 2 atom stereocenters. The second-order valence-corrected chi connectivity index (χ2v) is 4.92. The summed E-state index contributed by atoms with van der Waals surface area (Å²) in [5.74, 6) is -0.389. The molecule has 0 aliphatic heterocycles. The van der Waals surface area contributed by atoms with Crippen molar-refractivity contribution in [1.29, 1.82) is 0 Å². The second kappa shape index (κ2) is 5.34. The third kappa shape index (κ3) is 2.87.